The first-order valence-corrected chi connectivity index (χ1v) is 6.97. The highest BCUT2D eigenvalue weighted by Gasteiger charge is 2.27. The molecule has 7 nitrogen and oxygen atoms in total. The van der Waals surface area contributed by atoms with Crippen molar-refractivity contribution in [1.29, 1.82) is 0 Å². The van der Waals surface area contributed by atoms with Gasteiger partial charge in [-0.1, -0.05) is 12.1 Å². The lowest BCUT2D eigenvalue weighted by molar-refractivity contribution is -0.125. The van der Waals surface area contributed by atoms with Gasteiger partial charge >= 0.3 is 0 Å². The number of carbonyl (C=O) groups is 1. The molecule has 0 bridgehead atoms. The second kappa shape index (κ2) is 6.48. The molecule has 3 rings (SSSR count). The van der Waals surface area contributed by atoms with E-state index < -0.39 is 6.10 Å². The Morgan fingerprint density at radius 3 is 3.09 bits per heavy atom. The first-order valence-electron chi connectivity index (χ1n) is 6.97. The second-order valence-corrected chi connectivity index (χ2v) is 4.84. The molecule has 2 heterocycles. The number of anilines is 1. The number of benzene rings is 1. The summed E-state index contributed by atoms with van der Waals surface area (Å²) < 4.78 is 17.9. The fraction of sp³-hybridized carbons (Fsp3) is 0.333. The summed E-state index contributed by atoms with van der Waals surface area (Å²) in [7, 11) is 1.63. The molecule has 1 N–H and O–H groups in total. The first kappa shape index (κ1) is 14.4. The van der Waals surface area contributed by atoms with E-state index in [1.807, 2.05) is 18.2 Å². The van der Waals surface area contributed by atoms with E-state index in [-0.39, 0.29) is 12.5 Å². The van der Waals surface area contributed by atoms with Crippen molar-refractivity contribution in [3.8, 4) is 11.5 Å². The normalized spacial score (nSPS) is 16.3. The molecule has 1 aliphatic rings. The van der Waals surface area contributed by atoms with Gasteiger partial charge < -0.3 is 19.5 Å². The minimum Gasteiger partial charge on any atom is -0.485 e. The van der Waals surface area contributed by atoms with Crippen LogP contribution in [0, 0.1) is 0 Å². The maximum absolute atomic E-state index is 12.2. The van der Waals surface area contributed by atoms with Gasteiger partial charge in [-0.3, -0.25) is 9.48 Å². The van der Waals surface area contributed by atoms with Gasteiger partial charge in [-0.25, -0.2) is 0 Å². The maximum Gasteiger partial charge on any atom is 0.269 e. The number of amides is 1. The van der Waals surface area contributed by atoms with Gasteiger partial charge in [-0.05, 0) is 12.1 Å². The molecule has 1 atom stereocenters. The number of aromatic nitrogens is 2. The first-order chi connectivity index (χ1) is 10.8. The Balaban J connectivity index is 1.60. The van der Waals surface area contributed by atoms with Crippen LogP contribution in [0.1, 0.15) is 0 Å². The number of carbonyl (C=O) groups excluding carboxylic acids is 1. The van der Waals surface area contributed by atoms with Crippen molar-refractivity contribution in [1.82, 2.24) is 9.78 Å². The topological polar surface area (TPSA) is 74.6 Å². The van der Waals surface area contributed by atoms with Crippen molar-refractivity contribution in [2.75, 3.05) is 25.6 Å². The van der Waals surface area contributed by atoms with E-state index in [0.29, 0.717) is 30.3 Å². The largest absolute Gasteiger partial charge is 0.485 e. The number of nitrogens with one attached hydrogen (secondary N) is 1. The lowest BCUT2D eigenvalue weighted by atomic mass is 10.2. The number of rotatable bonds is 5. The van der Waals surface area contributed by atoms with Crippen LogP contribution < -0.4 is 14.8 Å². The summed E-state index contributed by atoms with van der Waals surface area (Å²) in [5, 5.41) is 6.91. The highest BCUT2D eigenvalue weighted by Crippen LogP contribution is 2.31. The van der Waals surface area contributed by atoms with Crippen molar-refractivity contribution in [2.24, 2.45) is 0 Å². The summed E-state index contributed by atoms with van der Waals surface area (Å²) in [6, 6.07) is 7.28. The monoisotopic (exact) mass is 303 g/mol. The van der Waals surface area contributed by atoms with Gasteiger partial charge in [0.05, 0.1) is 25.0 Å². The second-order valence-electron chi connectivity index (χ2n) is 4.84. The number of ether oxygens (including phenoxy) is 3. The third-order valence-electron chi connectivity index (χ3n) is 3.23. The van der Waals surface area contributed by atoms with Crippen LogP contribution in [0.25, 0.3) is 0 Å². The van der Waals surface area contributed by atoms with Crippen LogP contribution in [0.2, 0.25) is 0 Å². The van der Waals surface area contributed by atoms with Gasteiger partial charge in [0.2, 0.25) is 6.10 Å². The van der Waals surface area contributed by atoms with Gasteiger partial charge in [-0.15, -0.1) is 0 Å². The van der Waals surface area contributed by atoms with E-state index in [0.717, 1.165) is 0 Å². The molecule has 0 radical (unpaired) electrons. The van der Waals surface area contributed by atoms with Gasteiger partial charge in [-0.2, -0.15) is 5.10 Å². The fourth-order valence-corrected chi connectivity index (χ4v) is 2.11. The van der Waals surface area contributed by atoms with Crippen LogP contribution >= 0.6 is 0 Å². The SMILES string of the molecule is COCCn1cc(NC(=O)[C@H]2COc3ccccc3O2)cn1. The summed E-state index contributed by atoms with van der Waals surface area (Å²) in [5.74, 6) is 0.962. The van der Waals surface area contributed by atoms with E-state index in [1.54, 1.807) is 30.3 Å². The average molecular weight is 303 g/mol. The number of fused-ring (bicyclic) bond motifs is 1. The van der Waals surface area contributed by atoms with Gasteiger partial charge in [0.1, 0.15) is 6.61 Å². The Bertz CT molecular complexity index is 656. The lowest BCUT2D eigenvalue weighted by Gasteiger charge is -2.25. The van der Waals surface area contributed by atoms with Gasteiger partial charge in [0, 0.05) is 13.3 Å². The number of nitrogens with zero attached hydrogens (tertiary/aromatic N) is 2. The third-order valence-corrected chi connectivity index (χ3v) is 3.23. The third kappa shape index (κ3) is 3.20. The Hall–Kier alpha value is -2.54. The molecule has 1 aliphatic heterocycles. The van der Waals surface area contributed by atoms with Gasteiger partial charge in [0.25, 0.3) is 5.91 Å². The van der Waals surface area contributed by atoms with Crippen LogP contribution in [0.15, 0.2) is 36.7 Å². The molecule has 0 saturated heterocycles. The van der Waals surface area contributed by atoms with Crippen molar-refractivity contribution in [3.05, 3.63) is 36.7 Å². The predicted molar refractivity (Wildman–Crippen MR) is 79.1 cm³/mol. The summed E-state index contributed by atoms with van der Waals surface area (Å²) in [4.78, 5) is 12.2. The van der Waals surface area contributed by atoms with Crippen molar-refractivity contribution in [3.63, 3.8) is 0 Å². The molecule has 1 aromatic carbocycles. The minimum absolute atomic E-state index is 0.181. The summed E-state index contributed by atoms with van der Waals surface area (Å²) in [6.07, 6.45) is 2.65. The van der Waals surface area contributed by atoms with Gasteiger partial charge in [0.15, 0.2) is 11.5 Å². The van der Waals surface area contributed by atoms with Crippen molar-refractivity contribution >= 4 is 11.6 Å². The summed E-state index contributed by atoms with van der Waals surface area (Å²) in [6.45, 7) is 1.37. The highest BCUT2D eigenvalue weighted by molar-refractivity contribution is 5.94. The molecule has 22 heavy (non-hydrogen) atoms. The van der Waals surface area contributed by atoms with Crippen LogP contribution in [-0.2, 0) is 16.1 Å². The Kier molecular flexibility index (Phi) is 4.24. The Labute approximate surface area is 127 Å². The van der Waals surface area contributed by atoms with E-state index in [1.165, 1.54) is 0 Å². The molecule has 0 aliphatic carbocycles. The molecule has 0 saturated carbocycles. The van der Waals surface area contributed by atoms with E-state index in [2.05, 4.69) is 10.4 Å². The van der Waals surface area contributed by atoms with Crippen LogP contribution in [0.3, 0.4) is 0 Å². The molecule has 0 spiro atoms. The minimum atomic E-state index is -0.683. The average Bonchev–Trinajstić information content (AvgIpc) is 2.99. The predicted octanol–water partition coefficient (Wildman–Crippen LogP) is 1.31. The molecule has 7 heteroatoms. The Morgan fingerprint density at radius 2 is 2.27 bits per heavy atom. The molecular weight excluding hydrogens is 286 g/mol. The number of para-hydroxylation sites is 2. The maximum atomic E-state index is 12.2. The fourth-order valence-electron chi connectivity index (χ4n) is 2.11. The van der Waals surface area contributed by atoms with Crippen molar-refractivity contribution < 1.29 is 19.0 Å². The molecule has 0 fully saturated rings. The zero-order valence-electron chi connectivity index (χ0n) is 12.2. The van der Waals surface area contributed by atoms with Crippen molar-refractivity contribution in [2.45, 2.75) is 12.6 Å². The molecule has 116 valence electrons. The lowest BCUT2D eigenvalue weighted by Crippen LogP contribution is -2.40. The van der Waals surface area contributed by atoms with Crippen LogP contribution in [0.4, 0.5) is 5.69 Å². The Morgan fingerprint density at radius 1 is 1.45 bits per heavy atom. The number of hydrogen-bond acceptors (Lipinski definition) is 5. The zero-order chi connectivity index (χ0) is 15.4. The quantitative estimate of drug-likeness (QED) is 0.901. The van der Waals surface area contributed by atoms with E-state index in [9.17, 15) is 4.79 Å². The van der Waals surface area contributed by atoms with E-state index in [4.69, 9.17) is 14.2 Å². The van der Waals surface area contributed by atoms with Crippen LogP contribution in [-0.4, -0.2) is 42.1 Å². The number of methoxy groups -OCH3 is 1. The van der Waals surface area contributed by atoms with E-state index >= 15 is 0 Å². The zero-order valence-corrected chi connectivity index (χ0v) is 12.2. The molecule has 1 amide bonds. The molecule has 0 unspecified atom stereocenters. The standard InChI is InChI=1S/C15H17N3O4/c1-20-7-6-18-9-11(8-16-18)17-15(19)14-10-21-12-4-2-3-5-13(12)22-14/h2-5,8-9,14H,6-7,10H2,1H3,(H,17,19)/t14-/m1/s1. The smallest absolute Gasteiger partial charge is 0.269 e. The highest BCUT2D eigenvalue weighted by atomic mass is 16.6. The molecular formula is C15H17N3O4. The summed E-state index contributed by atoms with van der Waals surface area (Å²) in [5.41, 5.74) is 0.614. The number of hydrogen-bond donors (Lipinski definition) is 1. The molecule has 2 aromatic rings. The summed E-state index contributed by atoms with van der Waals surface area (Å²) >= 11 is 0. The molecule has 1 aromatic heterocycles. The van der Waals surface area contributed by atoms with Crippen LogP contribution in [0.5, 0.6) is 11.5 Å².